The highest BCUT2D eigenvalue weighted by atomic mass is 32.1. The van der Waals surface area contributed by atoms with Crippen LogP contribution in [0.3, 0.4) is 0 Å². The summed E-state index contributed by atoms with van der Waals surface area (Å²) < 4.78 is 0. The van der Waals surface area contributed by atoms with E-state index in [4.69, 9.17) is 0 Å². The molecule has 3 nitrogen and oxygen atoms in total. The Morgan fingerprint density at radius 1 is 1.24 bits per heavy atom. The van der Waals surface area contributed by atoms with Crippen LogP contribution in [0.15, 0.2) is 47.8 Å². The highest BCUT2D eigenvalue weighted by Crippen LogP contribution is 2.24. The summed E-state index contributed by atoms with van der Waals surface area (Å²) in [4.78, 5) is 15.5. The van der Waals surface area contributed by atoms with Crippen LogP contribution < -0.4 is 10.2 Å². The Balaban J connectivity index is 1.53. The van der Waals surface area contributed by atoms with E-state index >= 15 is 0 Å². The van der Waals surface area contributed by atoms with Crippen molar-refractivity contribution >= 4 is 22.9 Å². The summed E-state index contributed by atoms with van der Waals surface area (Å²) in [5.41, 5.74) is 1.26. The molecular formula is C17H20N2OS. The standard InChI is InChI=1S/C17H20N2OS/c20-17(12-16-9-5-11-21-16)18-13-15-8-4-10-19(15)14-6-2-1-3-7-14/h1-3,5-7,9,11,15H,4,8,10,12-13H2,(H,18,20). The molecule has 1 unspecified atom stereocenters. The lowest BCUT2D eigenvalue weighted by Gasteiger charge is -2.27. The van der Waals surface area contributed by atoms with Crippen LogP contribution in [-0.2, 0) is 11.2 Å². The van der Waals surface area contributed by atoms with Crippen LogP contribution >= 0.6 is 11.3 Å². The molecular weight excluding hydrogens is 280 g/mol. The largest absolute Gasteiger partial charge is 0.367 e. The summed E-state index contributed by atoms with van der Waals surface area (Å²) in [6, 6.07) is 14.9. The molecule has 0 aliphatic carbocycles. The molecule has 2 aromatic rings. The van der Waals surface area contributed by atoms with Gasteiger partial charge < -0.3 is 10.2 Å². The molecule has 1 aliphatic heterocycles. The fraction of sp³-hybridized carbons (Fsp3) is 0.353. The van der Waals surface area contributed by atoms with Gasteiger partial charge in [0.2, 0.25) is 5.91 Å². The van der Waals surface area contributed by atoms with E-state index < -0.39 is 0 Å². The number of nitrogens with zero attached hydrogens (tertiary/aromatic N) is 1. The van der Waals surface area contributed by atoms with Crippen molar-refractivity contribution in [2.24, 2.45) is 0 Å². The molecule has 4 heteroatoms. The van der Waals surface area contributed by atoms with Crippen LogP contribution in [-0.4, -0.2) is 25.0 Å². The number of hydrogen-bond acceptors (Lipinski definition) is 3. The fourth-order valence-corrected chi connectivity index (χ4v) is 3.58. The molecule has 1 aliphatic rings. The van der Waals surface area contributed by atoms with Gasteiger partial charge in [-0.05, 0) is 36.4 Å². The van der Waals surface area contributed by atoms with Gasteiger partial charge in [0, 0.05) is 29.7 Å². The number of benzene rings is 1. The van der Waals surface area contributed by atoms with Crippen LogP contribution in [0, 0.1) is 0 Å². The third-order valence-electron chi connectivity index (χ3n) is 3.91. The van der Waals surface area contributed by atoms with E-state index in [1.54, 1.807) is 11.3 Å². The molecule has 1 aromatic carbocycles. The Labute approximate surface area is 129 Å². The predicted molar refractivity (Wildman–Crippen MR) is 87.8 cm³/mol. The van der Waals surface area contributed by atoms with Gasteiger partial charge in [-0.3, -0.25) is 4.79 Å². The summed E-state index contributed by atoms with van der Waals surface area (Å²) in [6.45, 7) is 1.81. The molecule has 1 atom stereocenters. The number of amides is 1. The zero-order valence-electron chi connectivity index (χ0n) is 12.0. The molecule has 21 heavy (non-hydrogen) atoms. The second kappa shape index (κ2) is 6.76. The maximum Gasteiger partial charge on any atom is 0.225 e. The third kappa shape index (κ3) is 3.64. The van der Waals surface area contributed by atoms with Gasteiger partial charge in [0.15, 0.2) is 0 Å². The maximum atomic E-state index is 12.0. The number of nitrogens with one attached hydrogen (secondary N) is 1. The van der Waals surface area contributed by atoms with Gasteiger partial charge in [-0.15, -0.1) is 11.3 Å². The summed E-state index contributed by atoms with van der Waals surface area (Å²) in [7, 11) is 0. The lowest BCUT2D eigenvalue weighted by Crippen LogP contribution is -2.40. The average molecular weight is 300 g/mol. The summed E-state index contributed by atoms with van der Waals surface area (Å²) in [5, 5.41) is 5.10. The van der Waals surface area contributed by atoms with E-state index in [2.05, 4.69) is 34.5 Å². The van der Waals surface area contributed by atoms with Crippen LogP contribution in [0.4, 0.5) is 5.69 Å². The fourth-order valence-electron chi connectivity index (χ4n) is 2.87. The van der Waals surface area contributed by atoms with Crippen molar-refractivity contribution in [2.75, 3.05) is 18.0 Å². The predicted octanol–water partition coefficient (Wildman–Crippen LogP) is 3.08. The topological polar surface area (TPSA) is 32.3 Å². The number of thiophene rings is 1. The van der Waals surface area contributed by atoms with E-state index in [0.29, 0.717) is 12.5 Å². The molecule has 1 N–H and O–H groups in total. The normalized spacial score (nSPS) is 17.9. The smallest absolute Gasteiger partial charge is 0.225 e. The number of carbonyl (C=O) groups excluding carboxylic acids is 1. The SMILES string of the molecule is O=C(Cc1cccs1)NCC1CCCN1c1ccccc1. The van der Waals surface area contributed by atoms with Crippen molar-refractivity contribution in [3.63, 3.8) is 0 Å². The lowest BCUT2D eigenvalue weighted by atomic mass is 10.2. The highest BCUT2D eigenvalue weighted by molar-refractivity contribution is 7.10. The molecule has 2 heterocycles. The van der Waals surface area contributed by atoms with E-state index in [-0.39, 0.29) is 5.91 Å². The molecule has 1 fully saturated rings. The Bertz CT molecular complexity index is 568. The van der Waals surface area contributed by atoms with Gasteiger partial charge in [0.25, 0.3) is 0 Å². The Morgan fingerprint density at radius 2 is 2.10 bits per heavy atom. The number of anilines is 1. The van der Waals surface area contributed by atoms with Gasteiger partial charge in [0.05, 0.1) is 6.42 Å². The molecule has 1 saturated heterocycles. The molecule has 1 amide bonds. The first-order valence-corrected chi connectivity index (χ1v) is 8.31. The second-order valence-corrected chi connectivity index (χ2v) is 6.42. The van der Waals surface area contributed by atoms with Crippen molar-refractivity contribution in [3.05, 3.63) is 52.7 Å². The Kier molecular flexibility index (Phi) is 4.55. The Hall–Kier alpha value is -1.81. The molecule has 0 saturated carbocycles. The van der Waals surface area contributed by atoms with Gasteiger partial charge in [0.1, 0.15) is 0 Å². The van der Waals surface area contributed by atoms with Gasteiger partial charge in [-0.1, -0.05) is 24.3 Å². The molecule has 0 spiro atoms. The minimum Gasteiger partial charge on any atom is -0.367 e. The Morgan fingerprint density at radius 3 is 2.86 bits per heavy atom. The first kappa shape index (κ1) is 14.1. The van der Waals surface area contributed by atoms with Crippen molar-refractivity contribution in [1.82, 2.24) is 5.32 Å². The minimum atomic E-state index is 0.123. The average Bonchev–Trinajstić information content (AvgIpc) is 3.17. The van der Waals surface area contributed by atoms with Crippen molar-refractivity contribution in [2.45, 2.75) is 25.3 Å². The summed E-state index contributed by atoms with van der Waals surface area (Å²) in [6.07, 6.45) is 2.84. The van der Waals surface area contributed by atoms with Gasteiger partial charge >= 0.3 is 0 Å². The van der Waals surface area contributed by atoms with Crippen LogP contribution in [0.25, 0.3) is 0 Å². The summed E-state index contributed by atoms with van der Waals surface area (Å²) >= 11 is 1.64. The third-order valence-corrected chi connectivity index (χ3v) is 4.79. The molecule has 0 bridgehead atoms. The van der Waals surface area contributed by atoms with Crippen LogP contribution in [0.1, 0.15) is 17.7 Å². The monoisotopic (exact) mass is 300 g/mol. The number of rotatable bonds is 5. The van der Waals surface area contributed by atoms with Crippen LogP contribution in [0.2, 0.25) is 0 Å². The second-order valence-electron chi connectivity index (χ2n) is 5.39. The first-order valence-electron chi connectivity index (χ1n) is 7.44. The van der Waals surface area contributed by atoms with E-state index in [1.165, 1.54) is 12.1 Å². The van der Waals surface area contributed by atoms with Crippen molar-refractivity contribution < 1.29 is 4.79 Å². The van der Waals surface area contributed by atoms with Crippen molar-refractivity contribution in [1.29, 1.82) is 0 Å². The molecule has 110 valence electrons. The molecule has 1 aromatic heterocycles. The zero-order chi connectivity index (χ0) is 14.5. The highest BCUT2D eigenvalue weighted by Gasteiger charge is 2.24. The summed E-state index contributed by atoms with van der Waals surface area (Å²) in [5.74, 6) is 0.123. The number of carbonyl (C=O) groups is 1. The molecule has 3 rings (SSSR count). The van der Waals surface area contributed by atoms with Crippen LogP contribution in [0.5, 0.6) is 0 Å². The van der Waals surface area contributed by atoms with E-state index in [9.17, 15) is 4.79 Å². The number of hydrogen-bond donors (Lipinski definition) is 1. The minimum absolute atomic E-state index is 0.123. The lowest BCUT2D eigenvalue weighted by molar-refractivity contribution is -0.120. The van der Waals surface area contributed by atoms with Gasteiger partial charge in [-0.2, -0.15) is 0 Å². The van der Waals surface area contributed by atoms with Gasteiger partial charge in [-0.25, -0.2) is 0 Å². The van der Waals surface area contributed by atoms with E-state index in [1.807, 2.05) is 23.6 Å². The maximum absolute atomic E-state index is 12.0. The van der Waals surface area contributed by atoms with E-state index in [0.717, 1.165) is 24.4 Å². The zero-order valence-corrected chi connectivity index (χ0v) is 12.8. The number of para-hydroxylation sites is 1. The quantitative estimate of drug-likeness (QED) is 0.920. The first-order chi connectivity index (χ1) is 10.3. The molecule has 0 radical (unpaired) electrons. The van der Waals surface area contributed by atoms with Crippen molar-refractivity contribution in [3.8, 4) is 0 Å².